The van der Waals surface area contributed by atoms with Gasteiger partial charge in [0.1, 0.15) is 0 Å². The Morgan fingerprint density at radius 2 is 2.50 bits per heavy atom. The Morgan fingerprint density at radius 3 is 3.00 bits per heavy atom. The molecule has 0 radical (unpaired) electrons. The van der Waals surface area contributed by atoms with E-state index in [0.717, 1.165) is 12.8 Å². The van der Waals surface area contributed by atoms with Gasteiger partial charge in [-0.15, -0.1) is 6.42 Å². The molecule has 1 amide bonds. The van der Waals surface area contributed by atoms with E-state index in [1.807, 2.05) is 6.92 Å². The zero-order chi connectivity index (χ0) is 10.4. The van der Waals surface area contributed by atoms with Crippen molar-refractivity contribution in [3.05, 3.63) is 12.2 Å². The van der Waals surface area contributed by atoms with Gasteiger partial charge in [0.05, 0.1) is 6.54 Å². The largest absolute Gasteiger partial charge is 0.332 e. The second-order valence-corrected chi connectivity index (χ2v) is 3.58. The van der Waals surface area contributed by atoms with E-state index in [2.05, 4.69) is 18.1 Å². The molecular formula is C12H17NO. The number of terminal acetylenes is 1. The van der Waals surface area contributed by atoms with Crippen LogP contribution in [0.4, 0.5) is 0 Å². The van der Waals surface area contributed by atoms with Crippen molar-refractivity contribution in [2.24, 2.45) is 5.92 Å². The van der Waals surface area contributed by atoms with Crippen LogP contribution in [0.1, 0.15) is 26.2 Å². The molecule has 0 N–H and O–H groups in total. The molecule has 0 spiro atoms. The van der Waals surface area contributed by atoms with Crippen LogP contribution in [0.5, 0.6) is 0 Å². The zero-order valence-corrected chi connectivity index (χ0v) is 8.70. The maximum absolute atomic E-state index is 11.7. The molecule has 0 aromatic heterocycles. The summed E-state index contributed by atoms with van der Waals surface area (Å²) in [5.74, 6) is 3.13. The number of amides is 1. The summed E-state index contributed by atoms with van der Waals surface area (Å²) in [4.78, 5) is 13.4. The highest BCUT2D eigenvalue weighted by Crippen LogP contribution is 2.21. The fraction of sp³-hybridized carbons (Fsp3) is 0.583. The van der Waals surface area contributed by atoms with Crippen LogP contribution >= 0.6 is 0 Å². The van der Waals surface area contributed by atoms with E-state index in [1.165, 1.54) is 0 Å². The third kappa shape index (κ3) is 2.92. The first kappa shape index (κ1) is 10.8. The normalized spacial score (nSPS) is 19.3. The molecule has 1 aliphatic rings. The number of carbonyl (C=O) groups excluding carboxylic acids is 1. The minimum absolute atomic E-state index is 0.182. The summed E-state index contributed by atoms with van der Waals surface area (Å²) in [5.41, 5.74) is 0. The molecule has 0 saturated carbocycles. The standard InChI is InChI=1S/C12H17NO/c1-3-9-13(4-2)12(14)10-11-7-5-6-8-11/h1,5,7,11H,4,6,8-10H2,2H3. The van der Waals surface area contributed by atoms with E-state index in [9.17, 15) is 4.79 Å². The summed E-state index contributed by atoms with van der Waals surface area (Å²) >= 11 is 0. The Kier molecular flexibility index (Phi) is 4.25. The van der Waals surface area contributed by atoms with Gasteiger partial charge in [0.25, 0.3) is 0 Å². The monoisotopic (exact) mass is 191 g/mol. The Labute approximate surface area is 86.0 Å². The van der Waals surface area contributed by atoms with Crippen LogP contribution in [-0.4, -0.2) is 23.9 Å². The van der Waals surface area contributed by atoms with Gasteiger partial charge in [-0.25, -0.2) is 0 Å². The van der Waals surface area contributed by atoms with Gasteiger partial charge < -0.3 is 4.90 Å². The van der Waals surface area contributed by atoms with E-state index in [0.29, 0.717) is 25.4 Å². The molecular weight excluding hydrogens is 174 g/mol. The summed E-state index contributed by atoms with van der Waals surface area (Å²) < 4.78 is 0. The van der Waals surface area contributed by atoms with Gasteiger partial charge >= 0.3 is 0 Å². The highest BCUT2D eigenvalue weighted by Gasteiger charge is 2.17. The zero-order valence-electron chi connectivity index (χ0n) is 8.70. The van der Waals surface area contributed by atoms with Gasteiger partial charge in [0.2, 0.25) is 5.91 Å². The van der Waals surface area contributed by atoms with Crippen molar-refractivity contribution in [1.29, 1.82) is 0 Å². The van der Waals surface area contributed by atoms with Gasteiger partial charge in [-0.2, -0.15) is 0 Å². The van der Waals surface area contributed by atoms with Crippen molar-refractivity contribution in [3.63, 3.8) is 0 Å². The lowest BCUT2D eigenvalue weighted by Gasteiger charge is -2.19. The summed E-state index contributed by atoms with van der Waals surface area (Å²) in [7, 11) is 0. The van der Waals surface area contributed by atoms with Crippen LogP contribution in [0.15, 0.2) is 12.2 Å². The summed E-state index contributed by atoms with van der Waals surface area (Å²) in [6.45, 7) is 3.10. The fourth-order valence-electron chi connectivity index (χ4n) is 1.71. The molecule has 14 heavy (non-hydrogen) atoms. The van der Waals surface area contributed by atoms with E-state index in [-0.39, 0.29) is 5.91 Å². The molecule has 1 aliphatic carbocycles. The molecule has 1 unspecified atom stereocenters. The summed E-state index contributed by atoms with van der Waals surface area (Å²) in [5, 5.41) is 0. The van der Waals surface area contributed by atoms with Crippen molar-refractivity contribution >= 4 is 5.91 Å². The number of nitrogens with zero attached hydrogens (tertiary/aromatic N) is 1. The Bertz CT molecular complexity index is 262. The SMILES string of the molecule is C#CCN(CC)C(=O)CC1C=CCC1. The molecule has 76 valence electrons. The van der Waals surface area contributed by atoms with E-state index in [4.69, 9.17) is 6.42 Å². The predicted octanol–water partition coefficient (Wildman–Crippen LogP) is 1.82. The first-order chi connectivity index (χ1) is 6.77. The van der Waals surface area contributed by atoms with Crippen molar-refractivity contribution in [2.45, 2.75) is 26.2 Å². The average Bonchev–Trinajstić information content (AvgIpc) is 2.66. The molecule has 0 fully saturated rings. The minimum Gasteiger partial charge on any atom is -0.332 e. The quantitative estimate of drug-likeness (QED) is 0.490. The number of carbonyl (C=O) groups is 1. The molecule has 1 atom stereocenters. The van der Waals surface area contributed by atoms with Crippen molar-refractivity contribution in [2.75, 3.05) is 13.1 Å². The predicted molar refractivity (Wildman–Crippen MR) is 57.6 cm³/mol. The smallest absolute Gasteiger partial charge is 0.223 e. The van der Waals surface area contributed by atoms with Crippen LogP contribution < -0.4 is 0 Å². The second kappa shape index (κ2) is 5.49. The first-order valence-electron chi connectivity index (χ1n) is 5.15. The van der Waals surface area contributed by atoms with Gasteiger partial charge in [-0.05, 0) is 25.7 Å². The van der Waals surface area contributed by atoms with Gasteiger partial charge in [0, 0.05) is 13.0 Å². The molecule has 1 rings (SSSR count). The number of hydrogen-bond acceptors (Lipinski definition) is 1. The maximum Gasteiger partial charge on any atom is 0.223 e. The molecule has 2 nitrogen and oxygen atoms in total. The van der Waals surface area contributed by atoms with Crippen LogP contribution in [0.2, 0.25) is 0 Å². The lowest BCUT2D eigenvalue weighted by atomic mass is 10.0. The Hall–Kier alpha value is -1.23. The van der Waals surface area contributed by atoms with Crippen molar-refractivity contribution < 1.29 is 4.79 Å². The highest BCUT2D eigenvalue weighted by molar-refractivity contribution is 5.77. The maximum atomic E-state index is 11.7. The lowest BCUT2D eigenvalue weighted by molar-refractivity contribution is -0.131. The number of allylic oxidation sites excluding steroid dienone is 2. The first-order valence-corrected chi connectivity index (χ1v) is 5.15. The molecule has 0 aromatic carbocycles. The summed E-state index contributed by atoms with van der Waals surface area (Å²) in [6.07, 6.45) is 12.3. The topological polar surface area (TPSA) is 20.3 Å². The van der Waals surface area contributed by atoms with Crippen molar-refractivity contribution in [1.82, 2.24) is 4.90 Å². The van der Waals surface area contributed by atoms with Gasteiger partial charge in [0.15, 0.2) is 0 Å². The van der Waals surface area contributed by atoms with Gasteiger partial charge in [-0.1, -0.05) is 18.1 Å². The number of rotatable bonds is 4. The Morgan fingerprint density at radius 1 is 1.71 bits per heavy atom. The van der Waals surface area contributed by atoms with E-state index >= 15 is 0 Å². The fourth-order valence-corrected chi connectivity index (χ4v) is 1.71. The summed E-state index contributed by atoms with van der Waals surface area (Å²) in [6, 6.07) is 0. The molecule has 0 aliphatic heterocycles. The second-order valence-electron chi connectivity index (χ2n) is 3.58. The third-order valence-electron chi connectivity index (χ3n) is 2.57. The van der Waals surface area contributed by atoms with Crippen LogP contribution in [0.25, 0.3) is 0 Å². The molecule has 0 aromatic rings. The Balaban J connectivity index is 2.39. The average molecular weight is 191 g/mol. The van der Waals surface area contributed by atoms with Crippen LogP contribution in [-0.2, 0) is 4.79 Å². The van der Waals surface area contributed by atoms with E-state index in [1.54, 1.807) is 4.90 Å². The third-order valence-corrected chi connectivity index (χ3v) is 2.57. The number of hydrogen-bond donors (Lipinski definition) is 0. The molecule has 0 bridgehead atoms. The van der Waals surface area contributed by atoms with Gasteiger partial charge in [-0.3, -0.25) is 4.79 Å². The minimum atomic E-state index is 0.182. The van der Waals surface area contributed by atoms with E-state index < -0.39 is 0 Å². The highest BCUT2D eigenvalue weighted by atomic mass is 16.2. The molecule has 2 heteroatoms. The lowest BCUT2D eigenvalue weighted by Crippen LogP contribution is -2.32. The molecule has 0 heterocycles. The van der Waals surface area contributed by atoms with Crippen LogP contribution in [0, 0.1) is 18.3 Å². The van der Waals surface area contributed by atoms with Crippen molar-refractivity contribution in [3.8, 4) is 12.3 Å². The molecule has 0 saturated heterocycles. The van der Waals surface area contributed by atoms with Crippen LogP contribution in [0.3, 0.4) is 0 Å².